The predicted octanol–water partition coefficient (Wildman–Crippen LogP) is 3.11. The van der Waals surface area contributed by atoms with Crippen molar-refractivity contribution in [2.45, 2.75) is 30.7 Å². The molecule has 0 spiro atoms. The van der Waals surface area contributed by atoms with Crippen molar-refractivity contribution >= 4 is 22.4 Å². The maximum Gasteiger partial charge on any atom is 0.0727 e. The van der Waals surface area contributed by atoms with Crippen LogP contribution in [0.1, 0.15) is 35.8 Å². The minimum absolute atomic E-state index is 0.0806. The van der Waals surface area contributed by atoms with E-state index in [4.69, 9.17) is 0 Å². The summed E-state index contributed by atoms with van der Waals surface area (Å²) in [5.41, 5.74) is 3.83. The first-order chi connectivity index (χ1) is 12.7. The van der Waals surface area contributed by atoms with Crippen LogP contribution in [0.2, 0.25) is 0 Å². The quantitative estimate of drug-likeness (QED) is 0.748. The Hall–Kier alpha value is -2.55. The number of carbonyl (C=O) groups is 1. The molecule has 4 aliphatic rings. The number of carboxylic acids is 1. The smallest absolute Gasteiger partial charge is 0.0727 e. The Morgan fingerprint density at radius 2 is 1.88 bits per heavy atom. The molecule has 0 fully saturated rings. The number of carbonyl (C=O) groups excluding carboxylic acids is 1. The zero-order valence-electron chi connectivity index (χ0n) is 14.5. The van der Waals surface area contributed by atoms with Crippen molar-refractivity contribution in [2.24, 2.45) is 11.8 Å². The second-order valence-electron chi connectivity index (χ2n) is 8.17. The molecule has 0 radical (unpaired) electrons. The van der Waals surface area contributed by atoms with E-state index in [1.54, 1.807) is 0 Å². The number of hydrogen-bond acceptors (Lipinski definition) is 3. The third-order valence-corrected chi connectivity index (χ3v) is 6.99. The standard InChI is InChI=1S/C23H21NO2/c25-23(26)22-18-10-4-9-17(18)20-16-7-2-1-5-13(16)11-19-15-8-3-6-14(15)12-24(22)21(19)20/h1-5,7-9,11,14-15,17-18,22H,6,10,12H2,(H,25,26)/p-1/t14-,15-,17+,18-,22-/m0/s1. The Bertz CT molecular complexity index is 1000. The number of carboxylic acid groups (broad SMARTS) is 1. The van der Waals surface area contributed by atoms with Gasteiger partial charge in [0.1, 0.15) is 0 Å². The second kappa shape index (κ2) is 5.00. The third kappa shape index (κ3) is 1.71. The van der Waals surface area contributed by atoms with E-state index < -0.39 is 12.0 Å². The molecule has 2 aliphatic carbocycles. The zero-order valence-corrected chi connectivity index (χ0v) is 14.5. The van der Waals surface area contributed by atoms with Crippen molar-refractivity contribution in [1.82, 2.24) is 0 Å². The van der Waals surface area contributed by atoms with Crippen LogP contribution in [-0.4, -0.2) is 18.6 Å². The van der Waals surface area contributed by atoms with Gasteiger partial charge in [-0.1, -0.05) is 48.6 Å². The summed E-state index contributed by atoms with van der Waals surface area (Å²) in [7, 11) is 0. The lowest BCUT2D eigenvalue weighted by atomic mass is 9.70. The van der Waals surface area contributed by atoms with Gasteiger partial charge in [-0.05, 0) is 52.6 Å². The van der Waals surface area contributed by atoms with Gasteiger partial charge in [0.25, 0.3) is 0 Å². The summed E-state index contributed by atoms with van der Waals surface area (Å²) < 4.78 is 0. The fourth-order valence-electron chi connectivity index (χ4n) is 5.99. The molecule has 2 heterocycles. The van der Waals surface area contributed by atoms with Gasteiger partial charge in [0, 0.05) is 24.1 Å². The van der Waals surface area contributed by atoms with Crippen molar-refractivity contribution < 1.29 is 9.90 Å². The Labute approximate surface area is 152 Å². The van der Waals surface area contributed by atoms with E-state index >= 15 is 0 Å². The average Bonchev–Trinajstić information content (AvgIpc) is 3.30. The van der Waals surface area contributed by atoms with E-state index in [9.17, 15) is 9.90 Å². The van der Waals surface area contributed by atoms with Gasteiger partial charge in [0.05, 0.1) is 12.0 Å². The molecule has 130 valence electrons. The van der Waals surface area contributed by atoms with E-state index in [-0.39, 0.29) is 11.8 Å². The Balaban J connectivity index is 1.72. The fraction of sp³-hybridized carbons (Fsp3) is 0.348. The number of hydrogen-bond donors (Lipinski definition) is 0. The number of allylic oxidation sites excluding steroid dienone is 4. The van der Waals surface area contributed by atoms with E-state index in [1.807, 2.05) is 0 Å². The average molecular weight is 342 g/mol. The Kier molecular flexibility index (Phi) is 2.81. The Morgan fingerprint density at radius 3 is 2.77 bits per heavy atom. The van der Waals surface area contributed by atoms with Gasteiger partial charge < -0.3 is 14.8 Å². The second-order valence-corrected chi connectivity index (χ2v) is 8.17. The number of nitrogens with zero attached hydrogens (tertiary/aromatic N) is 1. The largest absolute Gasteiger partial charge is 0.548 e. The van der Waals surface area contributed by atoms with Crippen LogP contribution in [0.15, 0.2) is 54.6 Å². The molecular weight excluding hydrogens is 322 g/mol. The molecule has 0 aromatic heterocycles. The van der Waals surface area contributed by atoms with E-state index in [0.717, 1.165) is 19.4 Å². The van der Waals surface area contributed by atoms with Crippen LogP contribution in [-0.2, 0) is 4.79 Å². The van der Waals surface area contributed by atoms with Crippen LogP contribution in [0.4, 0.5) is 5.69 Å². The van der Waals surface area contributed by atoms with Crippen LogP contribution in [0, 0.1) is 11.8 Å². The molecule has 0 saturated heterocycles. The predicted molar refractivity (Wildman–Crippen MR) is 100 cm³/mol. The number of fused-ring (bicyclic) bond motifs is 6. The van der Waals surface area contributed by atoms with Gasteiger partial charge >= 0.3 is 0 Å². The third-order valence-electron chi connectivity index (χ3n) is 6.99. The molecule has 2 aromatic carbocycles. The topological polar surface area (TPSA) is 43.4 Å². The van der Waals surface area contributed by atoms with E-state index in [1.165, 1.54) is 27.6 Å². The van der Waals surface area contributed by atoms with Crippen molar-refractivity contribution in [3.63, 3.8) is 0 Å². The highest BCUT2D eigenvalue weighted by Gasteiger charge is 2.48. The normalized spacial score (nSPS) is 33.2. The molecule has 2 aliphatic heterocycles. The van der Waals surface area contributed by atoms with Crippen LogP contribution in [0.25, 0.3) is 10.8 Å². The van der Waals surface area contributed by atoms with Crippen LogP contribution in [0.5, 0.6) is 0 Å². The SMILES string of the molecule is O=C([O-])[C@@H]1[C@H]2CC=C[C@H]2c2c3c(cc4ccccc24)[C@H]2C=CC[C@H]2CN31. The summed E-state index contributed by atoms with van der Waals surface area (Å²) in [6.45, 7) is 0.817. The highest BCUT2D eigenvalue weighted by Crippen LogP contribution is 2.56. The number of benzene rings is 2. The summed E-state index contributed by atoms with van der Waals surface area (Å²) in [4.78, 5) is 14.4. The molecule has 3 heteroatoms. The molecule has 5 atom stereocenters. The number of rotatable bonds is 1. The lowest BCUT2D eigenvalue weighted by Crippen LogP contribution is -2.58. The molecule has 3 nitrogen and oxygen atoms in total. The minimum Gasteiger partial charge on any atom is -0.548 e. The van der Waals surface area contributed by atoms with E-state index in [0.29, 0.717) is 11.8 Å². The summed E-state index contributed by atoms with van der Waals surface area (Å²) in [6, 6.07) is 10.4. The van der Waals surface area contributed by atoms with Crippen LogP contribution in [0.3, 0.4) is 0 Å². The van der Waals surface area contributed by atoms with Crippen molar-refractivity contribution in [3.8, 4) is 0 Å². The number of aliphatic carboxylic acids is 1. The first-order valence-corrected chi connectivity index (χ1v) is 9.60. The Morgan fingerprint density at radius 1 is 1.08 bits per heavy atom. The van der Waals surface area contributed by atoms with Gasteiger partial charge in [-0.2, -0.15) is 0 Å². The highest BCUT2D eigenvalue weighted by atomic mass is 16.4. The maximum atomic E-state index is 12.2. The molecule has 0 amide bonds. The van der Waals surface area contributed by atoms with Crippen molar-refractivity contribution in [3.05, 3.63) is 65.8 Å². The number of anilines is 1. The summed E-state index contributed by atoms with van der Waals surface area (Å²) >= 11 is 0. The molecular formula is C23H20NO2-. The molecule has 6 rings (SSSR count). The summed E-state index contributed by atoms with van der Waals surface area (Å²) in [5, 5.41) is 14.7. The van der Waals surface area contributed by atoms with Gasteiger partial charge in [-0.3, -0.25) is 0 Å². The molecule has 0 saturated carbocycles. The van der Waals surface area contributed by atoms with Gasteiger partial charge in [-0.25, -0.2) is 0 Å². The molecule has 26 heavy (non-hydrogen) atoms. The first kappa shape index (κ1) is 14.6. The molecule has 0 unspecified atom stereocenters. The van der Waals surface area contributed by atoms with Gasteiger partial charge in [0.15, 0.2) is 0 Å². The van der Waals surface area contributed by atoms with E-state index in [2.05, 4.69) is 59.5 Å². The summed E-state index contributed by atoms with van der Waals surface area (Å²) in [6.07, 6.45) is 10.9. The van der Waals surface area contributed by atoms with Gasteiger partial charge in [-0.15, -0.1) is 0 Å². The monoisotopic (exact) mass is 342 g/mol. The summed E-state index contributed by atoms with van der Waals surface area (Å²) in [5.74, 6) is 0.226. The lowest BCUT2D eigenvalue weighted by Gasteiger charge is -2.51. The van der Waals surface area contributed by atoms with Crippen molar-refractivity contribution in [2.75, 3.05) is 11.4 Å². The van der Waals surface area contributed by atoms with Crippen LogP contribution >= 0.6 is 0 Å². The highest BCUT2D eigenvalue weighted by molar-refractivity contribution is 5.96. The fourth-order valence-corrected chi connectivity index (χ4v) is 5.99. The molecule has 2 aromatic rings. The van der Waals surface area contributed by atoms with Crippen molar-refractivity contribution in [1.29, 1.82) is 0 Å². The minimum atomic E-state index is -0.919. The lowest BCUT2D eigenvalue weighted by molar-refractivity contribution is -0.309. The first-order valence-electron chi connectivity index (χ1n) is 9.60. The van der Waals surface area contributed by atoms with Gasteiger partial charge in [0.2, 0.25) is 0 Å². The van der Waals surface area contributed by atoms with Crippen LogP contribution < -0.4 is 10.0 Å². The molecule has 0 bridgehead atoms. The molecule has 0 N–H and O–H groups in total. The zero-order chi connectivity index (χ0) is 17.4. The maximum absolute atomic E-state index is 12.2.